The van der Waals surface area contributed by atoms with Gasteiger partial charge in [-0.15, -0.1) is 0 Å². The Balaban J connectivity index is 0.00000121. The molecule has 0 radical (unpaired) electrons. The molecule has 254 valence electrons. The predicted octanol–water partition coefficient (Wildman–Crippen LogP) is 4.91. The quantitative estimate of drug-likeness (QED) is 0.120. The van der Waals surface area contributed by atoms with Crippen LogP contribution in [-0.2, 0) is 20.6 Å². The molecule has 4 aromatic rings. The van der Waals surface area contributed by atoms with E-state index in [-0.39, 0.29) is 47.2 Å². The van der Waals surface area contributed by atoms with E-state index in [1.165, 1.54) is 30.6 Å². The summed E-state index contributed by atoms with van der Waals surface area (Å²) in [5.41, 5.74) is 10.8. The molecule has 5 amide bonds. The van der Waals surface area contributed by atoms with Crippen molar-refractivity contribution in [2.75, 3.05) is 21.3 Å². The van der Waals surface area contributed by atoms with Gasteiger partial charge in [0.2, 0.25) is 23.7 Å². The molecule has 0 saturated carbocycles. The van der Waals surface area contributed by atoms with Crippen LogP contribution in [0, 0.1) is 6.92 Å². The summed E-state index contributed by atoms with van der Waals surface area (Å²) >= 11 is 0. The zero-order valence-electron chi connectivity index (χ0n) is 25.9. The van der Waals surface area contributed by atoms with Crippen molar-refractivity contribution in [2.45, 2.75) is 25.9 Å². The third kappa shape index (κ3) is 11.9. The van der Waals surface area contributed by atoms with Crippen LogP contribution >= 0.6 is 0 Å². The Labute approximate surface area is 278 Å². The van der Waals surface area contributed by atoms with Gasteiger partial charge >= 0.3 is 6.18 Å². The topological polar surface area (TPSA) is 211 Å². The number of amides is 5. The molecule has 0 atom stereocenters. The minimum absolute atomic E-state index is 0.0401. The molecule has 1 aromatic heterocycles. The number of nitrogens with two attached hydrogens (primary N) is 2. The van der Waals surface area contributed by atoms with Crippen LogP contribution in [0.5, 0.6) is 0 Å². The normalized spacial score (nSPS) is 10.4. The smallest absolute Gasteiger partial charge is 0.370 e. The number of nitrogens with zero attached hydrogens (tertiary/aromatic N) is 2. The molecule has 16 heteroatoms. The van der Waals surface area contributed by atoms with Gasteiger partial charge in [-0.05, 0) is 67.1 Å². The number of hydrogen-bond acceptors (Lipinski definition) is 8. The van der Waals surface area contributed by atoms with Gasteiger partial charge in [-0.25, -0.2) is 9.97 Å². The lowest BCUT2D eigenvalue weighted by Gasteiger charge is -2.12. The van der Waals surface area contributed by atoms with Gasteiger partial charge in [0.25, 0.3) is 11.8 Å². The highest BCUT2D eigenvalue weighted by Crippen LogP contribution is 2.30. The SMILES string of the molecule is C=CC(N)=O.Cc1ccc(NC(=O)c2cccc(C(F)(F)F)c2)cc1C(=O)Nc1cnc(Nc2cccc(NC(=O)CCC(N)=O)c2)nc1. The van der Waals surface area contributed by atoms with Gasteiger partial charge in [0.05, 0.1) is 23.6 Å². The number of carbonyl (C=O) groups is 5. The molecule has 0 saturated heterocycles. The Bertz CT molecular complexity index is 1860. The van der Waals surface area contributed by atoms with Crippen molar-refractivity contribution in [3.8, 4) is 0 Å². The standard InChI is InChI=1S/C30H26F3N7O4.C3H5NO/c1-17-8-9-22(38-27(43)18-4-2-5-19(12-18)30(31,32)33)14-24(17)28(44)39-23-15-35-29(36-16-23)40-21-7-3-6-20(13-21)37-26(42)11-10-25(34)41;1-2-3(4)5/h2-9,12-16H,10-11H2,1H3,(H2,34,41)(H,37,42)(H,38,43)(H,39,44)(H,35,36,40);2H,1H2,(H2,4,5). The molecule has 0 fully saturated rings. The van der Waals surface area contributed by atoms with Crippen molar-refractivity contribution in [1.82, 2.24) is 9.97 Å². The van der Waals surface area contributed by atoms with Gasteiger partial charge in [-0.1, -0.05) is 24.8 Å². The van der Waals surface area contributed by atoms with Crippen LogP contribution in [0.2, 0.25) is 0 Å². The molecule has 49 heavy (non-hydrogen) atoms. The van der Waals surface area contributed by atoms with Crippen LogP contribution in [0.4, 0.5) is 41.9 Å². The molecule has 1 heterocycles. The van der Waals surface area contributed by atoms with E-state index < -0.39 is 35.4 Å². The Hall–Kier alpha value is -6.58. The van der Waals surface area contributed by atoms with Crippen molar-refractivity contribution in [1.29, 1.82) is 0 Å². The number of aromatic nitrogens is 2. The van der Waals surface area contributed by atoms with Gasteiger partial charge in [-0.3, -0.25) is 24.0 Å². The number of primary amides is 2. The van der Waals surface area contributed by atoms with Gasteiger partial charge in [0.15, 0.2) is 0 Å². The van der Waals surface area contributed by atoms with Crippen molar-refractivity contribution >= 4 is 58.2 Å². The Morgan fingerprint density at radius 2 is 1.39 bits per heavy atom. The highest BCUT2D eigenvalue weighted by molar-refractivity contribution is 6.08. The van der Waals surface area contributed by atoms with Crippen LogP contribution in [-0.4, -0.2) is 39.5 Å². The van der Waals surface area contributed by atoms with E-state index in [0.29, 0.717) is 16.9 Å². The first-order valence-corrected chi connectivity index (χ1v) is 14.2. The second-order valence-corrected chi connectivity index (χ2v) is 10.1. The maximum atomic E-state index is 13.0. The second kappa shape index (κ2) is 16.8. The maximum Gasteiger partial charge on any atom is 0.416 e. The lowest BCUT2D eigenvalue weighted by Crippen LogP contribution is -2.17. The Morgan fingerprint density at radius 3 is 2.02 bits per heavy atom. The molecule has 13 nitrogen and oxygen atoms in total. The number of carbonyl (C=O) groups excluding carboxylic acids is 5. The zero-order valence-corrected chi connectivity index (χ0v) is 25.9. The van der Waals surface area contributed by atoms with E-state index in [0.717, 1.165) is 24.3 Å². The monoisotopic (exact) mass is 676 g/mol. The van der Waals surface area contributed by atoms with E-state index in [9.17, 15) is 37.1 Å². The molecule has 0 aliphatic rings. The van der Waals surface area contributed by atoms with Crippen LogP contribution in [0.3, 0.4) is 0 Å². The van der Waals surface area contributed by atoms with Crippen molar-refractivity contribution in [3.63, 3.8) is 0 Å². The fourth-order valence-electron chi connectivity index (χ4n) is 3.90. The molecule has 3 aromatic carbocycles. The first kappa shape index (κ1) is 36.9. The van der Waals surface area contributed by atoms with E-state index in [2.05, 4.69) is 43.5 Å². The van der Waals surface area contributed by atoms with Gasteiger partial charge < -0.3 is 32.7 Å². The number of rotatable bonds is 11. The zero-order chi connectivity index (χ0) is 36.1. The minimum Gasteiger partial charge on any atom is -0.370 e. The molecule has 4 rings (SSSR count). The first-order valence-electron chi connectivity index (χ1n) is 14.2. The number of halogens is 3. The summed E-state index contributed by atoms with van der Waals surface area (Å²) < 4.78 is 39.1. The number of benzene rings is 3. The fraction of sp³-hybridized carbons (Fsp3) is 0.121. The first-order chi connectivity index (χ1) is 23.1. The van der Waals surface area contributed by atoms with Crippen LogP contribution in [0.25, 0.3) is 0 Å². The lowest BCUT2D eigenvalue weighted by molar-refractivity contribution is -0.137. The summed E-state index contributed by atoms with van der Waals surface area (Å²) in [4.78, 5) is 66.3. The Kier molecular flexibility index (Phi) is 12.7. The van der Waals surface area contributed by atoms with Crippen LogP contribution < -0.4 is 32.7 Å². The van der Waals surface area contributed by atoms with E-state index in [4.69, 9.17) is 5.73 Å². The number of aryl methyl sites for hydroxylation is 1. The third-order valence-electron chi connectivity index (χ3n) is 6.30. The molecule has 0 unspecified atom stereocenters. The van der Waals surface area contributed by atoms with Crippen LogP contribution in [0.15, 0.2) is 91.8 Å². The minimum atomic E-state index is -4.59. The molecular formula is C33H31F3N8O5. The number of alkyl halides is 3. The molecule has 0 aliphatic carbocycles. The molecule has 0 aliphatic heterocycles. The van der Waals surface area contributed by atoms with Crippen molar-refractivity contribution in [2.24, 2.45) is 11.5 Å². The third-order valence-corrected chi connectivity index (χ3v) is 6.30. The van der Waals surface area contributed by atoms with E-state index in [1.807, 2.05) is 0 Å². The summed E-state index contributed by atoms with van der Waals surface area (Å²) in [6.07, 6.45) is -0.899. The summed E-state index contributed by atoms with van der Waals surface area (Å²) in [5, 5.41) is 10.8. The fourth-order valence-corrected chi connectivity index (χ4v) is 3.90. The number of nitrogens with one attached hydrogen (secondary N) is 4. The predicted molar refractivity (Wildman–Crippen MR) is 177 cm³/mol. The molecular weight excluding hydrogens is 645 g/mol. The maximum absolute atomic E-state index is 13.0. The lowest BCUT2D eigenvalue weighted by atomic mass is 10.1. The largest absolute Gasteiger partial charge is 0.416 e. The highest BCUT2D eigenvalue weighted by atomic mass is 19.4. The number of hydrogen-bond donors (Lipinski definition) is 6. The molecule has 8 N–H and O–H groups in total. The van der Waals surface area contributed by atoms with Gasteiger partial charge in [-0.2, -0.15) is 13.2 Å². The average Bonchev–Trinajstić information content (AvgIpc) is 3.05. The summed E-state index contributed by atoms with van der Waals surface area (Å²) in [6, 6.07) is 15.3. The second-order valence-electron chi connectivity index (χ2n) is 10.1. The van der Waals surface area contributed by atoms with E-state index >= 15 is 0 Å². The molecule has 0 bridgehead atoms. The Morgan fingerprint density at radius 1 is 0.776 bits per heavy atom. The van der Waals surface area contributed by atoms with Gasteiger partial charge in [0, 0.05) is 41.0 Å². The molecule has 0 spiro atoms. The summed E-state index contributed by atoms with van der Waals surface area (Å²) in [5.74, 6) is -2.51. The van der Waals surface area contributed by atoms with Crippen molar-refractivity contribution < 1.29 is 37.1 Å². The average molecular weight is 677 g/mol. The van der Waals surface area contributed by atoms with Crippen LogP contribution in [0.1, 0.15) is 44.7 Å². The van der Waals surface area contributed by atoms with Gasteiger partial charge in [0.1, 0.15) is 0 Å². The summed E-state index contributed by atoms with van der Waals surface area (Å²) in [6.45, 7) is 4.77. The number of anilines is 5. The van der Waals surface area contributed by atoms with E-state index in [1.54, 1.807) is 37.3 Å². The highest BCUT2D eigenvalue weighted by Gasteiger charge is 2.31. The summed E-state index contributed by atoms with van der Waals surface area (Å²) in [7, 11) is 0. The van der Waals surface area contributed by atoms with Crippen molar-refractivity contribution in [3.05, 3.63) is 114 Å².